The molecule has 0 saturated carbocycles. The van der Waals surface area contributed by atoms with Crippen LogP contribution in [0.5, 0.6) is 5.75 Å². The number of methoxy groups -OCH3 is 1. The Morgan fingerprint density at radius 2 is 2.00 bits per heavy atom. The summed E-state index contributed by atoms with van der Waals surface area (Å²) in [6.07, 6.45) is 1.01. The van der Waals surface area contributed by atoms with Gasteiger partial charge in [-0.25, -0.2) is 4.39 Å². The monoisotopic (exact) mass is 286 g/mol. The minimum Gasteiger partial charge on any atom is -0.495 e. The molecule has 0 saturated heterocycles. The molecule has 4 heteroatoms. The molecule has 1 atom stereocenters. The van der Waals surface area contributed by atoms with E-state index in [4.69, 9.17) is 10.5 Å². The number of ether oxygens (including phenoxy) is 1. The van der Waals surface area contributed by atoms with Gasteiger partial charge < -0.3 is 15.4 Å². The molecule has 2 aromatic rings. The molecule has 3 nitrogen and oxygen atoms in total. The van der Waals surface area contributed by atoms with E-state index in [9.17, 15) is 4.39 Å². The van der Waals surface area contributed by atoms with Crippen LogP contribution in [0.4, 0.5) is 21.5 Å². The van der Waals surface area contributed by atoms with E-state index in [0.717, 1.165) is 18.7 Å². The molecule has 2 aromatic carbocycles. The summed E-state index contributed by atoms with van der Waals surface area (Å²) in [5.41, 5.74) is 8.90. The Labute approximate surface area is 124 Å². The lowest BCUT2D eigenvalue weighted by molar-refractivity contribution is 0.416. The van der Waals surface area contributed by atoms with E-state index in [1.807, 2.05) is 23.1 Å². The summed E-state index contributed by atoms with van der Waals surface area (Å²) in [4.78, 5) is 2.01. The Morgan fingerprint density at radius 1 is 1.24 bits per heavy atom. The van der Waals surface area contributed by atoms with Crippen molar-refractivity contribution in [3.8, 4) is 5.75 Å². The zero-order chi connectivity index (χ0) is 15.0. The van der Waals surface area contributed by atoms with Crippen molar-refractivity contribution in [1.29, 1.82) is 0 Å². The fourth-order valence-electron chi connectivity index (χ4n) is 2.97. The van der Waals surface area contributed by atoms with E-state index in [2.05, 4.69) is 13.0 Å². The fourth-order valence-corrected chi connectivity index (χ4v) is 2.97. The molecule has 0 aliphatic carbocycles. The lowest BCUT2D eigenvalue weighted by Gasteiger charge is -2.35. The standard InChI is InChI=1S/C17H19FN2O/c1-11-7-12-5-3-4-6-15(12)20(10-11)16-9-17(21-2)14(19)8-13(16)18/h3-6,8-9,11H,7,10,19H2,1-2H3. The van der Waals surface area contributed by atoms with Crippen LogP contribution < -0.4 is 15.4 Å². The third-order valence-corrected chi connectivity index (χ3v) is 3.93. The van der Waals surface area contributed by atoms with Gasteiger partial charge in [0.05, 0.1) is 18.5 Å². The number of nitrogens with zero attached hydrogens (tertiary/aromatic N) is 1. The average Bonchev–Trinajstić information content (AvgIpc) is 2.46. The van der Waals surface area contributed by atoms with Gasteiger partial charge in [-0.05, 0) is 24.0 Å². The number of fused-ring (bicyclic) bond motifs is 1. The Hall–Kier alpha value is -2.23. The van der Waals surface area contributed by atoms with Gasteiger partial charge in [-0.1, -0.05) is 25.1 Å². The van der Waals surface area contributed by atoms with E-state index in [-0.39, 0.29) is 5.82 Å². The van der Waals surface area contributed by atoms with Crippen molar-refractivity contribution < 1.29 is 9.13 Å². The Kier molecular flexibility index (Phi) is 3.45. The van der Waals surface area contributed by atoms with Gasteiger partial charge in [-0.3, -0.25) is 0 Å². The van der Waals surface area contributed by atoms with Crippen LogP contribution in [0.3, 0.4) is 0 Å². The molecule has 0 fully saturated rings. The van der Waals surface area contributed by atoms with Gasteiger partial charge in [0.15, 0.2) is 0 Å². The van der Waals surface area contributed by atoms with Crippen molar-refractivity contribution in [2.45, 2.75) is 13.3 Å². The minimum atomic E-state index is -0.322. The Balaban J connectivity index is 2.12. The molecule has 1 aliphatic heterocycles. The molecular formula is C17H19FN2O. The van der Waals surface area contributed by atoms with Gasteiger partial charge >= 0.3 is 0 Å². The maximum absolute atomic E-state index is 14.4. The summed E-state index contributed by atoms with van der Waals surface area (Å²) in [7, 11) is 1.54. The van der Waals surface area contributed by atoms with Crippen LogP contribution in [-0.2, 0) is 6.42 Å². The summed E-state index contributed by atoms with van der Waals surface area (Å²) in [5, 5.41) is 0. The third-order valence-electron chi connectivity index (χ3n) is 3.93. The number of para-hydroxylation sites is 1. The minimum absolute atomic E-state index is 0.317. The average molecular weight is 286 g/mol. The number of benzene rings is 2. The molecule has 1 heterocycles. The van der Waals surface area contributed by atoms with Crippen molar-refractivity contribution in [3.63, 3.8) is 0 Å². The zero-order valence-corrected chi connectivity index (χ0v) is 12.3. The van der Waals surface area contributed by atoms with Crippen LogP contribution in [0, 0.1) is 11.7 Å². The molecule has 110 valence electrons. The number of nitrogens with two attached hydrogens (primary N) is 1. The first-order chi connectivity index (χ1) is 10.1. The number of anilines is 3. The van der Waals surface area contributed by atoms with E-state index in [1.165, 1.54) is 11.6 Å². The Bertz CT molecular complexity index is 672. The topological polar surface area (TPSA) is 38.5 Å². The molecule has 1 aliphatic rings. The van der Waals surface area contributed by atoms with E-state index in [0.29, 0.717) is 23.0 Å². The molecule has 0 radical (unpaired) electrons. The molecule has 2 N–H and O–H groups in total. The van der Waals surface area contributed by atoms with Crippen LogP contribution in [0.25, 0.3) is 0 Å². The number of nitrogen functional groups attached to an aromatic ring is 1. The number of hydrogen-bond donors (Lipinski definition) is 1. The molecule has 1 unspecified atom stereocenters. The van der Waals surface area contributed by atoms with Gasteiger partial charge in [0, 0.05) is 24.4 Å². The summed E-state index contributed by atoms with van der Waals surface area (Å²) in [6.45, 7) is 2.95. The van der Waals surface area contributed by atoms with Crippen molar-refractivity contribution in [2.75, 3.05) is 24.3 Å². The molecule has 0 bridgehead atoms. The lowest BCUT2D eigenvalue weighted by atomic mass is 9.93. The first kappa shape index (κ1) is 13.7. The van der Waals surface area contributed by atoms with Crippen molar-refractivity contribution in [3.05, 3.63) is 47.8 Å². The van der Waals surface area contributed by atoms with Gasteiger partial charge in [0.2, 0.25) is 0 Å². The van der Waals surface area contributed by atoms with Crippen molar-refractivity contribution in [1.82, 2.24) is 0 Å². The van der Waals surface area contributed by atoms with Gasteiger partial charge in [-0.2, -0.15) is 0 Å². The first-order valence-electron chi connectivity index (χ1n) is 7.08. The smallest absolute Gasteiger partial charge is 0.149 e. The second kappa shape index (κ2) is 5.28. The number of rotatable bonds is 2. The predicted molar refractivity (Wildman–Crippen MR) is 83.7 cm³/mol. The summed E-state index contributed by atoms with van der Waals surface area (Å²) < 4.78 is 19.6. The highest BCUT2D eigenvalue weighted by molar-refractivity contribution is 5.72. The van der Waals surface area contributed by atoms with E-state index < -0.39 is 0 Å². The van der Waals surface area contributed by atoms with E-state index in [1.54, 1.807) is 13.2 Å². The van der Waals surface area contributed by atoms with Crippen LogP contribution in [0.15, 0.2) is 36.4 Å². The highest BCUT2D eigenvalue weighted by atomic mass is 19.1. The van der Waals surface area contributed by atoms with Gasteiger partial charge in [-0.15, -0.1) is 0 Å². The largest absolute Gasteiger partial charge is 0.495 e. The first-order valence-corrected chi connectivity index (χ1v) is 7.08. The molecule has 3 rings (SSSR count). The maximum Gasteiger partial charge on any atom is 0.149 e. The SMILES string of the molecule is COc1cc(N2CC(C)Cc3ccccc32)c(F)cc1N. The fraction of sp³-hybridized carbons (Fsp3) is 0.294. The van der Waals surface area contributed by atoms with E-state index >= 15 is 0 Å². The summed E-state index contributed by atoms with van der Waals surface area (Å²) >= 11 is 0. The lowest BCUT2D eigenvalue weighted by Crippen LogP contribution is -2.31. The van der Waals surface area contributed by atoms with Gasteiger partial charge in [0.25, 0.3) is 0 Å². The molecular weight excluding hydrogens is 267 g/mol. The van der Waals surface area contributed by atoms with Crippen LogP contribution in [0.2, 0.25) is 0 Å². The number of halogens is 1. The van der Waals surface area contributed by atoms with Crippen LogP contribution in [-0.4, -0.2) is 13.7 Å². The highest BCUT2D eigenvalue weighted by Gasteiger charge is 2.25. The zero-order valence-electron chi connectivity index (χ0n) is 12.3. The van der Waals surface area contributed by atoms with Crippen molar-refractivity contribution in [2.24, 2.45) is 5.92 Å². The highest BCUT2D eigenvalue weighted by Crippen LogP contribution is 2.39. The molecule has 0 aromatic heterocycles. The molecule has 0 amide bonds. The van der Waals surface area contributed by atoms with Gasteiger partial charge in [0.1, 0.15) is 11.6 Å². The second-order valence-electron chi connectivity index (χ2n) is 5.59. The Morgan fingerprint density at radius 3 is 2.76 bits per heavy atom. The summed E-state index contributed by atoms with van der Waals surface area (Å²) in [6, 6.07) is 11.1. The van der Waals surface area contributed by atoms with Crippen LogP contribution >= 0.6 is 0 Å². The predicted octanol–water partition coefficient (Wildman–Crippen LogP) is 3.75. The normalized spacial score (nSPS) is 17.5. The van der Waals surface area contributed by atoms with Crippen LogP contribution in [0.1, 0.15) is 12.5 Å². The van der Waals surface area contributed by atoms with Crippen molar-refractivity contribution >= 4 is 17.1 Å². The summed E-state index contributed by atoms with van der Waals surface area (Å²) in [5.74, 6) is 0.641. The third kappa shape index (κ3) is 2.42. The quantitative estimate of drug-likeness (QED) is 0.855. The number of hydrogen-bond acceptors (Lipinski definition) is 3. The molecule has 21 heavy (non-hydrogen) atoms. The molecule has 0 spiro atoms. The second-order valence-corrected chi connectivity index (χ2v) is 5.59. The maximum atomic E-state index is 14.4.